The van der Waals surface area contributed by atoms with Gasteiger partial charge < -0.3 is 10.4 Å². The lowest BCUT2D eigenvalue weighted by Gasteiger charge is -2.05. The molecule has 0 unspecified atom stereocenters. The molecule has 5 heteroatoms. The van der Waals surface area contributed by atoms with E-state index in [0.29, 0.717) is 5.56 Å². The summed E-state index contributed by atoms with van der Waals surface area (Å²) in [5.74, 6) is -0.909. The molecule has 1 heterocycles. The lowest BCUT2D eigenvalue weighted by Crippen LogP contribution is -2.06. The van der Waals surface area contributed by atoms with Gasteiger partial charge in [-0.25, -0.2) is 9.78 Å². The number of rotatable bonds is 5. The van der Waals surface area contributed by atoms with Gasteiger partial charge in [-0.2, -0.15) is 0 Å². The van der Waals surface area contributed by atoms with E-state index in [0.717, 1.165) is 24.3 Å². The van der Waals surface area contributed by atoms with Crippen LogP contribution in [0.5, 0.6) is 0 Å². The molecule has 17 heavy (non-hydrogen) atoms. The van der Waals surface area contributed by atoms with E-state index in [9.17, 15) is 4.79 Å². The smallest absolute Gasteiger partial charge is 0.335 e. The van der Waals surface area contributed by atoms with Crippen LogP contribution in [-0.4, -0.2) is 22.6 Å². The molecule has 1 aromatic carbocycles. The molecule has 0 atom stereocenters. The minimum absolute atomic E-state index is 0.295. The molecule has 0 saturated heterocycles. The monoisotopic (exact) mass is 248 g/mol. The van der Waals surface area contributed by atoms with E-state index in [2.05, 4.69) is 10.3 Å². The Kier molecular flexibility index (Phi) is 3.72. The standard InChI is InChI=1S/C12H12N2O2S/c15-12(16)9-2-1-3-10(6-9)13-5-4-11-7-17-8-14-11/h1-3,6-8,13H,4-5H2,(H,15,16). The molecule has 0 amide bonds. The van der Waals surface area contributed by atoms with E-state index in [1.54, 1.807) is 35.0 Å². The Labute approximate surface area is 103 Å². The number of aromatic nitrogens is 1. The van der Waals surface area contributed by atoms with Gasteiger partial charge in [0.1, 0.15) is 0 Å². The molecule has 1 aromatic heterocycles. The SMILES string of the molecule is O=C(O)c1cccc(NCCc2cscn2)c1. The van der Waals surface area contributed by atoms with Gasteiger partial charge in [-0.3, -0.25) is 0 Å². The maximum atomic E-state index is 10.8. The zero-order valence-corrected chi connectivity index (χ0v) is 9.91. The van der Waals surface area contributed by atoms with Gasteiger partial charge >= 0.3 is 5.97 Å². The van der Waals surface area contributed by atoms with Gasteiger partial charge in [0.15, 0.2) is 0 Å². The Hall–Kier alpha value is -1.88. The summed E-state index contributed by atoms with van der Waals surface area (Å²) < 4.78 is 0. The third-order valence-corrected chi connectivity index (χ3v) is 2.94. The number of thiazole rings is 1. The minimum Gasteiger partial charge on any atom is -0.478 e. The average molecular weight is 248 g/mol. The molecule has 2 N–H and O–H groups in total. The summed E-state index contributed by atoms with van der Waals surface area (Å²) in [6.45, 7) is 0.743. The number of aromatic carboxylic acids is 1. The van der Waals surface area contributed by atoms with E-state index in [1.807, 2.05) is 11.4 Å². The predicted molar refractivity (Wildman–Crippen MR) is 67.7 cm³/mol. The first kappa shape index (κ1) is 11.6. The van der Waals surface area contributed by atoms with Crippen LogP contribution in [0, 0.1) is 0 Å². The van der Waals surface area contributed by atoms with E-state index >= 15 is 0 Å². The van der Waals surface area contributed by atoms with Crippen molar-refractivity contribution in [3.8, 4) is 0 Å². The Morgan fingerprint density at radius 2 is 2.35 bits per heavy atom. The molecule has 0 saturated carbocycles. The van der Waals surface area contributed by atoms with Gasteiger partial charge in [0, 0.05) is 24.0 Å². The van der Waals surface area contributed by atoms with Crippen LogP contribution in [0.15, 0.2) is 35.2 Å². The van der Waals surface area contributed by atoms with Crippen LogP contribution in [0.4, 0.5) is 5.69 Å². The van der Waals surface area contributed by atoms with E-state index < -0.39 is 5.97 Å². The van der Waals surface area contributed by atoms with Gasteiger partial charge in [0.25, 0.3) is 0 Å². The van der Waals surface area contributed by atoms with Crippen molar-refractivity contribution < 1.29 is 9.90 Å². The van der Waals surface area contributed by atoms with E-state index in [1.165, 1.54) is 0 Å². The Bertz CT molecular complexity index is 497. The fourth-order valence-corrected chi connectivity index (χ4v) is 2.05. The predicted octanol–water partition coefficient (Wildman–Crippen LogP) is 2.50. The average Bonchev–Trinajstić information content (AvgIpc) is 2.82. The van der Waals surface area contributed by atoms with Crippen molar-refractivity contribution in [3.63, 3.8) is 0 Å². The highest BCUT2D eigenvalue weighted by molar-refractivity contribution is 7.07. The van der Waals surface area contributed by atoms with Crippen molar-refractivity contribution in [3.05, 3.63) is 46.4 Å². The number of benzene rings is 1. The first-order valence-corrected chi connectivity index (χ1v) is 6.14. The summed E-state index contributed by atoms with van der Waals surface area (Å²) in [5, 5.41) is 14.0. The molecule has 0 radical (unpaired) electrons. The highest BCUT2D eigenvalue weighted by atomic mass is 32.1. The van der Waals surface area contributed by atoms with Crippen molar-refractivity contribution in [2.75, 3.05) is 11.9 Å². The second-order valence-corrected chi connectivity index (χ2v) is 4.26. The van der Waals surface area contributed by atoms with Crippen molar-refractivity contribution in [1.29, 1.82) is 0 Å². The Balaban J connectivity index is 1.90. The van der Waals surface area contributed by atoms with Crippen molar-refractivity contribution in [2.45, 2.75) is 6.42 Å². The van der Waals surface area contributed by atoms with Crippen LogP contribution in [-0.2, 0) is 6.42 Å². The first-order valence-electron chi connectivity index (χ1n) is 5.20. The van der Waals surface area contributed by atoms with Gasteiger partial charge in [-0.1, -0.05) is 6.07 Å². The van der Waals surface area contributed by atoms with Crippen LogP contribution in [0.3, 0.4) is 0 Å². The fraction of sp³-hybridized carbons (Fsp3) is 0.167. The van der Waals surface area contributed by atoms with Gasteiger partial charge in [-0.15, -0.1) is 11.3 Å². The number of nitrogens with one attached hydrogen (secondary N) is 1. The van der Waals surface area contributed by atoms with E-state index in [-0.39, 0.29) is 0 Å². The number of hydrogen-bond donors (Lipinski definition) is 2. The quantitative estimate of drug-likeness (QED) is 0.853. The normalized spacial score (nSPS) is 10.1. The van der Waals surface area contributed by atoms with E-state index in [4.69, 9.17) is 5.11 Å². The maximum absolute atomic E-state index is 10.8. The maximum Gasteiger partial charge on any atom is 0.335 e. The lowest BCUT2D eigenvalue weighted by molar-refractivity contribution is 0.0697. The van der Waals surface area contributed by atoms with Crippen LogP contribution >= 0.6 is 11.3 Å². The van der Waals surface area contributed by atoms with Crippen LogP contribution < -0.4 is 5.32 Å². The van der Waals surface area contributed by atoms with Crippen molar-refractivity contribution in [1.82, 2.24) is 4.98 Å². The van der Waals surface area contributed by atoms with Gasteiger partial charge in [0.2, 0.25) is 0 Å². The largest absolute Gasteiger partial charge is 0.478 e. The number of carboxylic acid groups (broad SMARTS) is 1. The fourth-order valence-electron chi connectivity index (χ4n) is 1.46. The molecule has 0 spiro atoms. The topological polar surface area (TPSA) is 62.2 Å². The van der Waals surface area contributed by atoms with Crippen LogP contribution in [0.2, 0.25) is 0 Å². The zero-order chi connectivity index (χ0) is 12.1. The number of hydrogen-bond acceptors (Lipinski definition) is 4. The molecule has 2 aromatic rings. The molecule has 0 aliphatic carbocycles. The molecule has 88 valence electrons. The Morgan fingerprint density at radius 3 is 3.06 bits per heavy atom. The number of carboxylic acids is 1. The third kappa shape index (κ3) is 3.29. The third-order valence-electron chi connectivity index (χ3n) is 2.30. The summed E-state index contributed by atoms with van der Waals surface area (Å²) in [4.78, 5) is 15.0. The molecule has 0 aliphatic rings. The summed E-state index contributed by atoms with van der Waals surface area (Å²) >= 11 is 1.58. The van der Waals surface area contributed by atoms with Crippen molar-refractivity contribution in [2.24, 2.45) is 0 Å². The molecule has 0 bridgehead atoms. The number of nitrogens with zero attached hydrogens (tertiary/aromatic N) is 1. The summed E-state index contributed by atoms with van der Waals surface area (Å²) in [7, 11) is 0. The molecule has 2 rings (SSSR count). The highest BCUT2D eigenvalue weighted by Gasteiger charge is 2.02. The zero-order valence-electron chi connectivity index (χ0n) is 9.09. The molecule has 0 fully saturated rings. The summed E-state index contributed by atoms with van der Waals surface area (Å²) in [6, 6.07) is 6.79. The minimum atomic E-state index is -0.909. The summed E-state index contributed by atoms with van der Waals surface area (Å²) in [6.07, 6.45) is 0.834. The summed E-state index contributed by atoms with van der Waals surface area (Å²) in [5.41, 5.74) is 3.97. The van der Waals surface area contributed by atoms with Gasteiger partial charge in [-0.05, 0) is 18.2 Å². The van der Waals surface area contributed by atoms with Crippen LogP contribution in [0.1, 0.15) is 16.1 Å². The number of anilines is 1. The Morgan fingerprint density at radius 1 is 1.47 bits per heavy atom. The van der Waals surface area contributed by atoms with Crippen molar-refractivity contribution >= 4 is 23.0 Å². The van der Waals surface area contributed by atoms with Gasteiger partial charge in [0.05, 0.1) is 16.8 Å². The molecular weight excluding hydrogens is 236 g/mol. The first-order chi connectivity index (χ1) is 8.25. The lowest BCUT2D eigenvalue weighted by atomic mass is 10.2. The van der Waals surface area contributed by atoms with Crippen LogP contribution in [0.25, 0.3) is 0 Å². The molecular formula is C12H12N2O2S. The molecule has 0 aliphatic heterocycles. The number of carbonyl (C=O) groups is 1. The highest BCUT2D eigenvalue weighted by Crippen LogP contribution is 2.11. The second-order valence-electron chi connectivity index (χ2n) is 3.54. The molecule has 4 nitrogen and oxygen atoms in total. The second kappa shape index (κ2) is 5.45.